The normalized spacial score (nSPS) is 13.0. The molecule has 32 heavy (non-hydrogen) atoms. The van der Waals surface area contributed by atoms with Gasteiger partial charge in [-0.2, -0.15) is 0 Å². The fourth-order valence-corrected chi connectivity index (χ4v) is 4.90. The lowest BCUT2D eigenvalue weighted by Crippen LogP contribution is -2.27. The highest BCUT2D eigenvalue weighted by atomic mass is 35.5. The predicted octanol–water partition coefficient (Wildman–Crippen LogP) is 3.71. The van der Waals surface area contributed by atoms with Crippen molar-refractivity contribution in [3.8, 4) is 17.2 Å². The molecule has 2 heterocycles. The molecule has 0 spiro atoms. The van der Waals surface area contributed by atoms with Crippen molar-refractivity contribution in [1.82, 2.24) is 4.90 Å². The molecule has 0 aliphatic carbocycles. The third kappa shape index (κ3) is 5.46. The molecule has 2 aromatic rings. The minimum Gasteiger partial charge on any atom is -0.490 e. The van der Waals surface area contributed by atoms with E-state index in [0.717, 1.165) is 30.0 Å². The molecule has 0 unspecified atom stereocenters. The lowest BCUT2D eigenvalue weighted by Gasteiger charge is -2.22. The summed E-state index contributed by atoms with van der Waals surface area (Å²) in [5.41, 5.74) is 7.34. The molecule has 0 bridgehead atoms. The summed E-state index contributed by atoms with van der Waals surface area (Å²) < 4.78 is 17.1. The Morgan fingerprint density at radius 1 is 1.09 bits per heavy atom. The standard InChI is InChI=1S/C22H29N3O5S.ClH/c1-5-28-15-10-13(11-16(29-6-2)19(15)30-7-3)21(27)24-22-18(20(23)26)14-8-9-25(4)12-17(14)31-22;/h10-11H,5-9,12H2,1-4H3,(H2,23,26)(H,24,27);1H. The van der Waals surface area contributed by atoms with Crippen LogP contribution in [-0.2, 0) is 13.0 Å². The van der Waals surface area contributed by atoms with E-state index in [0.29, 0.717) is 53.2 Å². The SMILES string of the molecule is CCOc1cc(C(=O)Nc2sc3c(c2C(N)=O)CCN(C)C3)cc(OCC)c1OCC.Cl. The number of halogens is 1. The number of amides is 2. The molecule has 0 saturated carbocycles. The Morgan fingerprint density at radius 2 is 1.69 bits per heavy atom. The van der Waals surface area contributed by atoms with Gasteiger partial charge in [0.05, 0.1) is 25.4 Å². The molecule has 2 amide bonds. The Labute approximate surface area is 198 Å². The zero-order valence-electron chi connectivity index (χ0n) is 18.8. The van der Waals surface area contributed by atoms with Crippen molar-refractivity contribution in [3.05, 3.63) is 33.7 Å². The van der Waals surface area contributed by atoms with Crippen LogP contribution in [0.4, 0.5) is 5.00 Å². The first-order valence-corrected chi connectivity index (χ1v) is 11.2. The Kier molecular flexibility index (Phi) is 9.18. The Bertz CT molecular complexity index is 952. The Balaban J connectivity index is 0.00000363. The maximum absolute atomic E-state index is 13.1. The minimum atomic E-state index is -0.533. The van der Waals surface area contributed by atoms with E-state index in [1.807, 2.05) is 27.8 Å². The number of likely N-dealkylation sites (N-methyl/N-ethyl adjacent to an activating group) is 1. The van der Waals surface area contributed by atoms with Crippen LogP contribution in [0.25, 0.3) is 0 Å². The topological polar surface area (TPSA) is 103 Å². The van der Waals surface area contributed by atoms with Gasteiger partial charge in [-0.15, -0.1) is 23.7 Å². The third-order valence-electron chi connectivity index (χ3n) is 4.89. The molecule has 1 aliphatic rings. The number of nitrogens with two attached hydrogens (primary N) is 1. The smallest absolute Gasteiger partial charge is 0.256 e. The Morgan fingerprint density at radius 3 is 2.22 bits per heavy atom. The molecule has 0 saturated heterocycles. The van der Waals surface area contributed by atoms with Crippen molar-refractivity contribution in [2.24, 2.45) is 5.73 Å². The number of carbonyl (C=O) groups excluding carboxylic acids is 2. The average molecular weight is 484 g/mol. The van der Waals surface area contributed by atoms with E-state index >= 15 is 0 Å². The van der Waals surface area contributed by atoms with Crippen molar-refractivity contribution < 1.29 is 23.8 Å². The molecule has 1 aliphatic heterocycles. The van der Waals surface area contributed by atoms with Gasteiger partial charge in [-0.05, 0) is 51.9 Å². The second kappa shape index (κ2) is 11.4. The van der Waals surface area contributed by atoms with Gasteiger partial charge in [-0.25, -0.2) is 0 Å². The maximum Gasteiger partial charge on any atom is 0.256 e. The molecule has 10 heteroatoms. The van der Waals surface area contributed by atoms with Crippen LogP contribution < -0.4 is 25.3 Å². The number of hydrogen-bond acceptors (Lipinski definition) is 7. The van der Waals surface area contributed by atoms with Gasteiger partial charge in [0.15, 0.2) is 11.5 Å². The number of anilines is 1. The van der Waals surface area contributed by atoms with Crippen LogP contribution in [0, 0.1) is 0 Å². The summed E-state index contributed by atoms with van der Waals surface area (Å²) in [7, 11) is 2.02. The molecule has 176 valence electrons. The highest BCUT2D eigenvalue weighted by molar-refractivity contribution is 7.17. The van der Waals surface area contributed by atoms with E-state index < -0.39 is 5.91 Å². The lowest BCUT2D eigenvalue weighted by molar-refractivity contribution is 0.1000. The van der Waals surface area contributed by atoms with Gasteiger partial charge in [-0.1, -0.05) is 0 Å². The van der Waals surface area contributed by atoms with Gasteiger partial charge in [0.1, 0.15) is 5.00 Å². The zero-order chi connectivity index (χ0) is 22.5. The van der Waals surface area contributed by atoms with E-state index in [4.69, 9.17) is 19.9 Å². The number of thiophene rings is 1. The number of ether oxygens (including phenoxy) is 3. The third-order valence-corrected chi connectivity index (χ3v) is 6.02. The minimum absolute atomic E-state index is 0. The van der Waals surface area contributed by atoms with E-state index in [1.165, 1.54) is 11.3 Å². The number of nitrogens with zero attached hydrogens (tertiary/aromatic N) is 1. The molecule has 3 N–H and O–H groups in total. The number of benzene rings is 1. The van der Waals surface area contributed by atoms with Crippen molar-refractivity contribution in [2.75, 3.05) is 38.7 Å². The largest absolute Gasteiger partial charge is 0.490 e. The maximum atomic E-state index is 13.1. The average Bonchev–Trinajstić information content (AvgIpc) is 3.07. The van der Waals surface area contributed by atoms with Crippen LogP contribution in [0.3, 0.4) is 0 Å². The van der Waals surface area contributed by atoms with E-state index in [1.54, 1.807) is 12.1 Å². The van der Waals surface area contributed by atoms with Gasteiger partial charge in [-0.3, -0.25) is 9.59 Å². The number of nitrogens with one attached hydrogen (secondary N) is 1. The first-order chi connectivity index (χ1) is 14.9. The van der Waals surface area contributed by atoms with Gasteiger partial charge in [0.2, 0.25) is 5.75 Å². The fourth-order valence-electron chi connectivity index (χ4n) is 3.57. The highest BCUT2D eigenvalue weighted by Crippen LogP contribution is 2.40. The number of hydrogen-bond donors (Lipinski definition) is 2. The van der Waals surface area contributed by atoms with Gasteiger partial charge in [0, 0.05) is 23.5 Å². The van der Waals surface area contributed by atoms with Crippen LogP contribution in [0.5, 0.6) is 17.2 Å². The number of carbonyl (C=O) groups is 2. The quantitative estimate of drug-likeness (QED) is 0.563. The van der Waals surface area contributed by atoms with E-state index in [2.05, 4.69) is 10.2 Å². The first-order valence-electron chi connectivity index (χ1n) is 10.4. The van der Waals surface area contributed by atoms with E-state index in [9.17, 15) is 9.59 Å². The van der Waals surface area contributed by atoms with Crippen LogP contribution in [0.2, 0.25) is 0 Å². The second-order valence-corrected chi connectivity index (χ2v) is 8.22. The van der Waals surface area contributed by atoms with Gasteiger partial charge < -0.3 is 30.2 Å². The fraction of sp³-hybridized carbons (Fsp3) is 0.455. The highest BCUT2D eigenvalue weighted by Gasteiger charge is 2.27. The zero-order valence-corrected chi connectivity index (χ0v) is 20.4. The van der Waals surface area contributed by atoms with Crippen molar-refractivity contribution in [1.29, 1.82) is 0 Å². The molecule has 8 nitrogen and oxygen atoms in total. The second-order valence-electron chi connectivity index (χ2n) is 7.11. The summed E-state index contributed by atoms with van der Waals surface area (Å²) in [5.74, 6) is 0.425. The summed E-state index contributed by atoms with van der Waals surface area (Å²) >= 11 is 1.40. The molecule has 3 rings (SSSR count). The molecule has 0 atom stereocenters. The molecule has 1 aromatic heterocycles. The number of fused-ring (bicyclic) bond motifs is 1. The van der Waals surface area contributed by atoms with Crippen LogP contribution in [-0.4, -0.2) is 50.1 Å². The summed E-state index contributed by atoms with van der Waals surface area (Å²) in [6.45, 7) is 8.40. The molecule has 0 radical (unpaired) electrons. The van der Waals surface area contributed by atoms with E-state index in [-0.39, 0.29) is 18.3 Å². The van der Waals surface area contributed by atoms with Gasteiger partial charge >= 0.3 is 0 Å². The predicted molar refractivity (Wildman–Crippen MR) is 128 cm³/mol. The van der Waals surface area contributed by atoms with Gasteiger partial charge in [0.25, 0.3) is 11.8 Å². The van der Waals surface area contributed by atoms with Crippen LogP contribution in [0.15, 0.2) is 12.1 Å². The van der Waals surface area contributed by atoms with Crippen molar-refractivity contribution in [2.45, 2.75) is 33.7 Å². The summed E-state index contributed by atoms with van der Waals surface area (Å²) in [4.78, 5) is 28.5. The number of primary amides is 1. The first kappa shape index (κ1) is 25.8. The monoisotopic (exact) mass is 483 g/mol. The summed E-state index contributed by atoms with van der Waals surface area (Å²) in [6, 6.07) is 3.25. The van der Waals surface area contributed by atoms with Crippen LogP contribution >= 0.6 is 23.7 Å². The van der Waals surface area contributed by atoms with Crippen molar-refractivity contribution in [3.63, 3.8) is 0 Å². The molecule has 0 fully saturated rings. The van der Waals surface area contributed by atoms with Crippen molar-refractivity contribution >= 4 is 40.6 Å². The molecular weight excluding hydrogens is 454 g/mol. The summed E-state index contributed by atoms with van der Waals surface area (Å²) in [5, 5.41) is 3.35. The number of rotatable bonds is 9. The molecule has 1 aromatic carbocycles. The lowest BCUT2D eigenvalue weighted by atomic mass is 10.0. The van der Waals surface area contributed by atoms with Crippen LogP contribution in [0.1, 0.15) is 51.9 Å². The summed E-state index contributed by atoms with van der Waals surface area (Å²) in [6.07, 6.45) is 0.725. The Hall–Kier alpha value is -2.49. The molecular formula is C22H30ClN3O5S.